The third-order valence-electron chi connectivity index (χ3n) is 12.5. The number of benzene rings is 6. The molecule has 324 valence electrons. The van der Waals surface area contributed by atoms with Crippen molar-refractivity contribution in [3.63, 3.8) is 0 Å². The molecule has 63 heavy (non-hydrogen) atoms. The van der Waals surface area contributed by atoms with Gasteiger partial charge < -0.3 is 19.1 Å². The summed E-state index contributed by atoms with van der Waals surface area (Å²) in [7, 11) is 0. The molecule has 0 atom stereocenters. The number of pyridine rings is 1. The first kappa shape index (κ1) is 44.0. The van der Waals surface area contributed by atoms with Crippen LogP contribution in [0.4, 0.5) is 22.7 Å². The number of ether oxygens (including phenoxy) is 1. The Labute approximate surface area is 389 Å². The molecule has 8 aromatic rings. The van der Waals surface area contributed by atoms with Gasteiger partial charge in [0.1, 0.15) is 5.82 Å². The smallest absolute Gasteiger partial charge is 0.135 e. The Hall–Kier alpha value is -5.64. The maximum atomic E-state index is 6.84. The molecule has 1 aliphatic rings. The van der Waals surface area contributed by atoms with Gasteiger partial charge in [-0.15, -0.1) is 53.6 Å². The second kappa shape index (κ2) is 16.2. The monoisotopic (exact) mass is 1010 g/mol. The van der Waals surface area contributed by atoms with Crippen LogP contribution in [-0.4, -0.2) is 9.55 Å². The summed E-state index contributed by atoms with van der Waals surface area (Å²) in [6, 6.07) is 55.3. The third-order valence-corrected chi connectivity index (χ3v) is 12.5. The van der Waals surface area contributed by atoms with Gasteiger partial charge in [0, 0.05) is 66.8 Å². The van der Waals surface area contributed by atoms with Crippen molar-refractivity contribution in [3.05, 3.63) is 186 Å². The van der Waals surface area contributed by atoms with Gasteiger partial charge in [0.2, 0.25) is 0 Å². The summed E-state index contributed by atoms with van der Waals surface area (Å²) in [5.41, 5.74) is 12.0. The minimum absolute atomic E-state index is 0. The number of hydrogen-bond donors (Lipinski definition) is 0. The zero-order valence-corrected chi connectivity index (χ0v) is 40.6. The molecule has 0 bridgehead atoms. The van der Waals surface area contributed by atoms with E-state index in [-0.39, 0.29) is 42.7 Å². The molecule has 0 amide bonds. The molecule has 0 aliphatic carbocycles. The van der Waals surface area contributed by atoms with Gasteiger partial charge in [0.15, 0.2) is 0 Å². The van der Waals surface area contributed by atoms with Crippen LogP contribution < -0.4 is 14.5 Å². The maximum Gasteiger partial charge on any atom is 0.135 e. The van der Waals surface area contributed by atoms with Gasteiger partial charge in [-0.3, -0.25) is 0 Å². The molecule has 0 spiro atoms. The summed E-state index contributed by atoms with van der Waals surface area (Å²) >= 11 is 0. The molecule has 5 nitrogen and oxygen atoms in total. The molecule has 2 aromatic heterocycles. The van der Waals surface area contributed by atoms with Crippen LogP contribution in [0.2, 0.25) is 0 Å². The van der Waals surface area contributed by atoms with Crippen LogP contribution in [0.5, 0.6) is 11.5 Å². The van der Waals surface area contributed by atoms with E-state index in [0.717, 1.165) is 55.9 Å². The van der Waals surface area contributed by atoms with Crippen LogP contribution in [0, 0.1) is 18.8 Å². The van der Waals surface area contributed by atoms with E-state index in [9.17, 15) is 0 Å². The van der Waals surface area contributed by atoms with Crippen LogP contribution in [0.1, 0.15) is 104 Å². The Bertz CT molecular complexity index is 2960. The van der Waals surface area contributed by atoms with Crippen LogP contribution in [0.3, 0.4) is 0 Å². The van der Waals surface area contributed by atoms with Gasteiger partial charge >= 0.3 is 0 Å². The topological polar surface area (TPSA) is 33.5 Å². The first-order valence-electron chi connectivity index (χ1n) is 21.8. The van der Waals surface area contributed by atoms with Crippen molar-refractivity contribution >= 4 is 44.6 Å². The molecule has 1 aliphatic heterocycles. The van der Waals surface area contributed by atoms with Crippen LogP contribution >= 0.6 is 0 Å². The summed E-state index contributed by atoms with van der Waals surface area (Å²) in [4.78, 5) is 9.46. The van der Waals surface area contributed by atoms with Crippen LogP contribution in [0.15, 0.2) is 140 Å². The normalized spacial score (nSPS) is 13.4. The molecule has 0 fully saturated rings. The summed E-state index contributed by atoms with van der Waals surface area (Å²) in [6.07, 6.45) is 1.91. The number of nitrogens with zero attached hydrogens (tertiary/aromatic N) is 4. The molecule has 3 heterocycles. The van der Waals surface area contributed by atoms with Gasteiger partial charge in [0.25, 0.3) is 0 Å². The zero-order chi connectivity index (χ0) is 43.8. The zero-order valence-electron chi connectivity index (χ0n) is 38.4. The molecular weight excluding hydrogens is 952 g/mol. The van der Waals surface area contributed by atoms with E-state index in [1.54, 1.807) is 0 Å². The fourth-order valence-corrected chi connectivity index (χ4v) is 8.52. The van der Waals surface area contributed by atoms with Crippen molar-refractivity contribution in [1.82, 2.24) is 9.55 Å². The number of fused-ring (bicyclic) bond motifs is 4. The van der Waals surface area contributed by atoms with Crippen molar-refractivity contribution in [2.24, 2.45) is 0 Å². The molecule has 6 aromatic carbocycles. The number of hydrogen-bond acceptors (Lipinski definition) is 4. The van der Waals surface area contributed by atoms with Crippen molar-refractivity contribution in [2.45, 2.75) is 97.8 Å². The Balaban J connectivity index is 0.00000544. The molecule has 6 heteroatoms. The fraction of sp³-hybridized carbons (Fsp3) is 0.263. The number of anilines is 4. The maximum absolute atomic E-state index is 6.84. The standard InChI is InChI=1S/C57H57N4O.Pt/c1-54(2,3)39-27-28-58-53(34-39)61-49-22-16-15-21-47(49)48-26-25-45(36-52(48)61)62-46-33-41(56(7,8)9)31-44(35-46)60-37-59(50-23-17-18-24-51(50)60)43-30-40(55(4,5)6)29-42(32-43)57(10,11)38-19-13-12-14-20-38;/h12-34,37H,1-11H3;/q-3;. The van der Waals surface area contributed by atoms with Gasteiger partial charge in [-0.25, -0.2) is 4.98 Å². The van der Waals surface area contributed by atoms with Crippen molar-refractivity contribution in [1.29, 1.82) is 0 Å². The average molecular weight is 1010 g/mol. The quantitative estimate of drug-likeness (QED) is 0.149. The van der Waals surface area contributed by atoms with E-state index in [4.69, 9.17) is 9.72 Å². The molecular formula is C57H57N4OPt-3. The largest absolute Gasteiger partial charge is 0.509 e. The average Bonchev–Trinajstić information content (AvgIpc) is 3.79. The third kappa shape index (κ3) is 8.33. The molecule has 0 N–H and O–H groups in total. The fourth-order valence-electron chi connectivity index (χ4n) is 8.52. The summed E-state index contributed by atoms with van der Waals surface area (Å²) in [6.45, 7) is 27.2. The predicted octanol–water partition coefficient (Wildman–Crippen LogP) is 15.2. The first-order chi connectivity index (χ1) is 29.4. The van der Waals surface area contributed by atoms with Gasteiger partial charge in [-0.05, 0) is 86.3 Å². The van der Waals surface area contributed by atoms with E-state index in [2.05, 4.69) is 237 Å². The minimum Gasteiger partial charge on any atom is -0.509 e. The minimum atomic E-state index is -0.210. The van der Waals surface area contributed by atoms with E-state index < -0.39 is 0 Å². The Morgan fingerprint density at radius 3 is 1.83 bits per heavy atom. The molecule has 9 rings (SSSR count). The van der Waals surface area contributed by atoms with E-state index in [1.165, 1.54) is 22.3 Å². The molecule has 0 saturated carbocycles. The SMILES string of the molecule is CC(C)(C)c1cc(Oc2[c-]c3c(cc2)c2ccccc2n3-c2cc(C(C)(C)C)ccn2)[c-]c(N2[CH-]N(c3cc(C(C)(C)C)cc(C(C)(C)c4ccccc4)c3)c3ccccc32)c1.[Pt]. The Kier molecular flexibility index (Phi) is 11.3. The van der Waals surface area contributed by atoms with Crippen molar-refractivity contribution in [3.8, 4) is 17.3 Å². The molecule has 0 radical (unpaired) electrons. The number of para-hydroxylation sites is 3. The summed E-state index contributed by atoms with van der Waals surface area (Å²) < 4.78 is 9.04. The van der Waals surface area contributed by atoms with Crippen LogP contribution in [-0.2, 0) is 42.7 Å². The number of aromatic nitrogens is 2. The van der Waals surface area contributed by atoms with Crippen molar-refractivity contribution in [2.75, 3.05) is 9.80 Å². The summed E-state index contributed by atoms with van der Waals surface area (Å²) in [5.74, 6) is 2.10. The van der Waals surface area contributed by atoms with Gasteiger partial charge in [-0.2, -0.15) is 6.07 Å². The van der Waals surface area contributed by atoms with E-state index in [1.807, 2.05) is 12.3 Å². The van der Waals surface area contributed by atoms with E-state index in [0.29, 0.717) is 11.5 Å². The predicted molar refractivity (Wildman–Crippen MR) is 259 cm³/mol. The van der Waals surface area contributed by atoms with Crippen LogP contribution in [0.25, 0.3) is 27.6 Å². The Morgan fingerprint density at radius 2 is 1.13 bits per heavy atom. The van der Waals surface area contributed by atoms with E-state index >= 15 is 0 Å². The first-order valence-corrected chi connectivity index (χ1v) is 21.8. The summed E-state index contributed by atoms with van der Waals surface area (Å²) in [5, 5.41) is 2.24. The van der Waals surface area contributed by atoms with Gasteiger partial charge in [0.05, 0.1) is 0 Å². The molecule has 0 unspecified atom stereocenters. The Morgan fingerprint density at radius 1 is 0.508 bits per heavy atom. The molecule has 0 saturated heterocycles. The second-order valence-corrected chi connectivity index (χ2v) is 20.4. The second-order valence-electron chi connectivity index (χ2n) is 20.4. The van der Waals surface area contributed by atoms with Gasteiger partial charge in [-0.1, -0.05) is 148 Å². The number of rotatable bonds is 7. The van der Waals surface area contributed by atoms with Crippen molar-refractivity contribution < 1.29 is 25.8 Å².